The highest BCUT2D eigenvalue weighted by Crippen LogP contribution is 2.31. The lowest BCUT2D eigenvalue weighted by atomic mass is 10.1. The number of pyridine rings is 1. The van der Waals surface area contributed by atoms with Crippen LogP contribution in [0, 0.1) is 5.41 Å². The number of nitrogens with two attached hydrogens (primary N) is 1. The van der Waals surface area contributed by atoms with E-state index in [1.165, 1.54) is 0 Å². The number of carbonyl (C=O) groups excluding carboxylic acids is 1. The second kappa shape index (κ2) is 7.47. The van der Waals surface area contributed by atoms with Crippen LogP contribution in [0.3, 0.4) is 0 Å². The van der Waals surface area contributed by atoms with Gasteiger partial charge in [-0.05, 0) is 42.4 Å². The molecule has 0 saturated carbocycles. The second-order valence-electron chi connectivity index (χ2n) is 6.49. The number of carbonyl (C=O) groups is 1. The van der Waals surface area contributed by atoms with Gasteiger partial charge in [0.2, 0.25) is 5.91 Å². The Morgan fingerprint density at radius 2 is 2.21 bits per heavy atom. The predicted octanol–water partition coefficient (Wildman–Crippen LogP) is 3.36. The fourth-order valence-electron chi connectivity index (χ4n) is 3.30. The molecule has 0 radical (unpaired) electrons. The number of fused-ring (bicyclic) bond motifs is 1. The summed E-state index contributed by atoms with van der Waals surface area (Å²) < 4.78 is 0. The molecule has 0 spiro atoms. The van der Waals surface area contributed by atoms with E-state index in [1.807, 2.05) is 42.6 Å². The number of benzene rings is 1. The third-order valence-electron chi connectivity index (χ3n) is 4.73. The molecule has 0 atom stereocenters. The molecule has 1 amide bonds. The zero-order chi connectivity index (χ0) is 19.7. The zero-order valence-corrected chi connectivity index (χ0v) is 16.2. The average molecular weight is 392 g/mol. The number of rotatable bonds is 3. The van der Waals surface area contributed by atoms with Crippen LogP contribution in [0.2, 0.25) is 0 Å². The van der Waals surface area contributed by atoms with E-state index < -0.39 is 0 Å². The van der Waals surface area contributed by atoms with Gasteiger partial charge in [-0.25, -0.2) is 4.98 Å². The molecule has 2 aromatic heterocycles. The van der Waals surface area contributed by atoms with Crippen molar-refractivity contribution in [2.45, 2.75) is 12.8 Å². The van der Waals surface area contributed by atoms with Crippen LogP contribution in [0.4, 0.5) is 5.82 Å². The highest BCUT2D eigenvalue weighted by molar-refractivity contribution is 8.26. The SMILES string of the molecule is CN=C(N)SC(=N)c1ccc2[nH]cc(-c3cccc(N4CCCC4=O)n3)c2c1. The maximum atomic E-state index is 12.1. The summed E-state index contributed by atoms with van der Waals surface area (Å²) in [6.45, 7) is 0.710. The van der Waals surface area contributed by atoms with Gasteiger partial charge in [0.1, 0.15) is 10.9 Å². The summed E-state index contributed by atoms with van der Waals surface area (Å²) >= 11 is 1.13. The summed E-state index contributed by atoms with van der Waals surface area (Å²) in [5.41, 5.74) is 9.17. The lowest BCUT2D eigenvalue weighted by Gasteiger charge is -2.15. The van der Waals surface area contributed by atoms with Crippen LogP contribution < -0.4 is 10.6 Å². The molecule has 1 aromatic carbocycles. The van der Waals surface area contributed by atoms with E-state index in [0.29, 0.717) is 29.0 Å². The second-order valence-corrected chi connectivity index (χ2v) is 7.52. The molecule has 4 N–H and O–H groups in total. The Bertz CT molecular complexity index is 1100. The number of anilines is 1. The Hall–Kier alpha value is -3.13. The van der Waals surface area contributed by atoms with Gasteiger partial charge in [-0.3, -0.25) is 20.1 Å². The van der Waals surface area contributed by atoms with Gasteiger partial charge < -0.3 is 10.7 Å². The Morgan fingerprint density at radius 3 is 2.96 bits per heavy atom. The van der Waals surface area contributed by atoms with Gasteiger partial charge in [0.25, 0.3) is 0 Å². The number of aliphatic imine (C=N–C) groups is 1. The van der Waals surface area contributed by atoms with Gasteiger partial charge in [0, 0.05) is 48.2 Å². The minimum absolute atomic E-state index is 0.117. The molecular weight excluding hydrogens is 372 g/mol. The summed E-state index contributed by atoms with van der Waals surface area (Å²) in [5, 5.41) is 9.92. The lowest BCUT2D eigenvalue weighted by molar-refractivity contribution is -0.117. The van der Waals surface area contributed by atoms with Gasteiger partial charge in [0.15, 0.2) is 5.17 Å². The van der Waals surface area contributed by atoms with Crippen LogP contribution in [0.5, 0.6) is 0 Å². The number of H-pyrrole nitrogens is 1. The fourth-order valence-corrected chi connectivity index (χ4v) is 3.84. The molecule has 3 heterocycles. The smallest absolute Gasteiger partial charge is 0.228 e. The van der Waals surface area contributed by atoms with Crippen LogP contribution in [0.15, 0.2) is 47.6 Å². The number of amides is 1. The first-order valence-electron chi connectivity index (χ1n) is 8.95. The van der Waals surface area contributed by atoms with Gasteiger partial charge in [0.05, 0.1) is 5.69 Å². The molecule has 3 aromatic rings. The molecule has 7 nitrogen and oxygen atoms in total. The molecule has 28 heavy (non-hydrogen) atoms. The van der Waals surface area contributed by atoms with Crippen LogP contribution in [0.1, 0.15) is 18.4 Å². The fraction of sp³-hybridized carbons (Fsp3) is 0.200. The summed E-state index contributed by atoms with van der Waals surface area (Å²) in [6.07, 6.45) is 3.35. The molecule has 0 bridgehead atoms. The number of hydrogen-bond donors (Lipinski definition) is 3. The van der Waals surface area contributed by atoms with Crippen LogP contribution in [-0.2, 0) is 4.79 Å². The number of nitrogens with zero attached hydrogens (tertiary/aromatic N) is 3. The van der Waals surface area contributed by atoms with Gasteiger partial charge in [-0.1, -0.05) is 12.1 Å². The van der Waals surface area contributed by atoms with Crippen molar-refractivity contribution in [1.29, 1.82) is 5.41 Å². The van der Waals surface area contributed by atoms with Crippen molar-refractivity contribution >= 4 is 44.6 Å². The summed E-state index contributed by atoms with van der Waals surface area (Å²) in [5.74, 6) is 0.798. The first-order valence-corrected chi connectivity index (χ1v) is 9.76. The normalized spacial score (nSPS) is 14.8. The van der Waals surface area contributed by atoms with E-state index in [0.717, 1.165) is 45.9 Å². The average Bonchev–Trinajstić information content (AvgIpc) is 3.33. The van der Waals surface area contributed by atoms with Crippen molar-refractivity contribution in [2.24, 2.45) is 10.7 Å². The van der Waals surface area contributed by atoms with Gasteiger partial charge in [-0.15, -0.1) is 0 Å². The van der Waals surface area contributed by atoms with E-state index in [2.05, 4.69) is 9.98 Å². The quantitative estimate of drug-likeness (QED) is 0.469. The molecule has 8 heteroatoms. The minimum atomic E-state index is 0.117. The summed E-state index contributed by atoms with van der Waals surface area (Å²) in [4.78, 5) is 25.7. The first-order chi connectivity index (χ1) is 13.6. The number of aromatic nitrogens is 2. The Balaban J connectivity index is 1.72. The van der Waals surface area contributed by atoms with Crippen LogP contribution >= 0.6 is 11.8 Å². The first kappa shape index (κ1) is 18.2. The number of amidine groups is 1. The highest BCUT2D eigenvalue weighted by atomic mass is 32.2. The number of aromatic amines is 1. The van der Waals surface area contributed by atoms with Gasteiger partial charge in [-0.2, -0.15) is 0 Å². The van der Waals surface area contributed by atoms with E-state index >= 15 is 0 Å². The standard InChI is InChI=1S/C20H20N6OS/c1-23-20(22)28-19(21)12-7-8-15-13(10-12)14(11-24-15)16-4-2-5-17(25-16)26-9-3-6-18(26)27/h2,4-5,7-8,10-11,21,24H,3,6,9H2,1H3,(H2,22,23). The summed E-state index contributed by atoms with van der Waals surface area (Å²) in [6, 6.07) is 11.5. The van der Waals surface area contributed by atoms with Crippen molar-refractivity contribution in [1.82, 2.24) is 9.97 Å². The Morgan fingerprint density at radius 1 is 1.36 bits per heavy atom. The zero-order valence-electron chi connectivity index (χ0n) is 15.4. The topological polar surface area (TPSA) is 111 Å². The molecule has 0 unspecified atom stereocenters. The third-order valence-corrected chi connectivity index (χ3v) is 5.56. The molecule has 4 rings (SSSR count). The van der Waals surface area contributed by atoms with Crippen LogP contribution in [0.25, 0.3) is 22.2 Å². The monoisotopic (exact) mass is 392 g/mol. The lowest BCUT2D eigenvalue weighted by Crippen LogP contribution is -2.24. The molecular formula is C20H20N6OS. The predicted molar refractivity (Wildman–Crippen MR) is 115 cm³/mol. The van der Waals surface area contributed by atoms with E-state index in [9.17, 15) is 4.79 Å². The van der Waals surface area contributed by atoms with Gasteiger partial charge >= 0.3 is 0 Å². The van der Waals surface area contributed by atoms with E-state index in [-0.39, 0.29) is 5.91 Å². The maximum Gasteiger partial charge on any atom is 0.228 e. The number of hydrogen-bond acceptors (Lipinski definition) is 5. The number of nitrogens with one attached hydrogen (secondary N) is 2. The molecule has 0 aliphatic carbocycles. The van der Waals surface area contributed by atoms with Crippen molar-refractivity contribution in [3.8, 4) is 11.3 Å². The minimum Gasteiger partial charge on any atom is -0.378 e. The van der Waals surface area contributed by atoms with Crippen molar-refractivity contribution in [3.63, 3.8) is 0 Å². The largest absolute Gasteiger partial charge is 0.378 e. The molecule has 1 saturated heterocycles. The van der Waals surface area contributed by atoms with Crippen LogP contribution in [-0.4, -0.2) is 39.7 Å². The third kappa shape index (κ3) is 3.38. The summed E-state index contributed by atoms with van der Waals surface area (Å²) in [7, 11) is 1.60. The van der Waals surface area contributed by atoms with Crippen molar-refractivity contribution in [3.05, 3.63) is 48.2 Å². The molecule has 142 valence electrons. The van der Waals surface area contributed by atoms with Crippen molar-refractivity contribution in [2.75, 3.05) is 18.5 Å². The molecule has 1 aliphatic rings. The molecule has 1 fully saturated rings. The van der Waals surface area contributed by atoms with E-state index in [4.69, 9.17) is 16.1 Å². The van der Waals surface area contributed by atoms with Crippen molar-refractivity contribution < 1.29 is 4.79 Å². The Labute approximate surface area is 166 Å². The van der Waals surface area contributed by atoms with E-state index in [1.54, 1.807) is 11.9 Å². The number of thioether (sulfide) groups is 1. The maximum absolute atomic E-state index is 12.1. The molecule has 1 aliphatic heterocycles. The Kier molecular flexibility index (Phi) is 4.87. The highest BCUT2D eigenvalue weighted by Gasteiger charge is 2.23.